The lowest BCUT2D eigenvalue weighted by Gasteiger charge is -2.19. The molecule has 1 rings (SSSR count). The molecule has 0 saturated heterocycles. The summed E-state index contributed by atoms with van der Waals surface area (Å²) in [6.07, 6.45) is 0.777. The molecule has 0 saturated carbocycles. The number of anilines is 1. The minimum atomic E-state index is -1.06. The van der Waals surface area contributed by atoms with Crippen LogP contribution in [0.5, 0.6) is 0 Å². The SMILES string of the molecule is CCc1cccc(C)c1NC(=O)CC(C)(C)C(=O)O. The third kappa shape index (κ3) is 3.81. The second-order valence-corrected chi connectivity index (χ2v) is 5.38. The summed E-state index contributed by atoms with van der Waals surface area (Å²) in [4.78, 5) is 23.0. The molecule has 4 heteroatoms. The van der Waals surface area contributed by atoms with Gasteiger partial charge in [0.25, 0.3) is 0 Å². The van der Waals surface area contributed by atoms with E-state index in [1.807, 2.05) is 32.0 Å². The first-order valence-electron chi connectivity index (χ1n) is 6.39. The monoisotopic (exact) mass is 263 g/mol. The van der Waals surface area contributed by atoms with Crippen LogP contribution in [0.3, 0.4) is 0 Å². The Morgan fingerprint density at radius 1 is 1.32 bits per heavy atom. The fraction of sp³-hybridized carbons (Fsp3) is 0.467. The van der Waals surface area contributed by atoms with E-state index in [4.69, 9.17) is 5.11 Å². The topological polar surface area (TPSA) is 66.4 Å². The van der Waals surface area contributed by atoms with Gasteiger partial charge in [0, 0.05) is 12.1 Å². The first-order chi connectivity index (χ1) is 8.77. The van der Waals surface area contributed by atoms with Gasteiger partial charge in [0.2, 0.25) is 5.91 Å². The molecule has 0 aliphatic heterocycles. The molecule has 0 fully saturated rings. The number of carboxylic acids is 1. The van der Waals surface area contributed by atoms with Crippen LogP contribution >= 0.6 is 0 Å². The third-order valence-corrected chi connectivity index (χ3v) is 3.19. The zero-order valence-electron chi connectivity index (χ0n) is 11.9. The Balaban J connectivity index is 2.86. The molecular formula is C15H21NO3. The highest BCUT2D eigenvalue weighted by Gasteiger charge is 2.30. The number of benzene rings is 1. The Bertz CT molecular complexity index is 492. The third-order valence-electron chi connectivity index (χ3n) is 3.19. The molecule has 4 nitrogen and oxygen atoms in total. The van der Waals surface area contributed by atoms with Crippen LogP contribution in [-0.4, -0.2) is 17.0 Å². The maximum absolute atomic E-state index is 12.0. The van der Waals surface area contributed by atoms with E-state index in [1.165, 1.54) is 0 Å². The molecule has 2 N–H and O–H groups in total. The smallest absolute Gasteiger partial charge is 0.309 e. The molecule has 0 aliphatic rings. The minimum Gasteiger partial charge on any atom is -0.481 e. The van der Waals surface area contributed by atoms with E-state index in [0.29, 0.717) is 0 Å². The highest BCUT2D eigenvalue weighted by molar-refractivity contribution is 5.95. The Hall–Kier alpha value is -1.84. The summed E-state index contributed by atoms with van der Waals surface area (Å²) in [7, 11) is 0. The van der Waals surface area contributed by atoms with Gasteiger partial charge in [0.1, 0.15) is 0 Å². The largest absolute Gasteiger partial charge is 0.481 e. The Morgan fingerprint density at radius 2 is 1.95 bits per heavy atom. The number of rotatable bonds is 5. The Labute approximate surface area is 113 Å². The van der Waals surface area contributed by atoms with Crippen molar-refractivity contribution >= 4 is 17.6 Å². The number of aryl methyl sites for hydroxylation is 2. The predicted octanol–water partition coefficient (Wildman–Crippen LogP) is 3.00. The molecule has 1 amide bonds. The van der Waals surface area contributed by atoms with Crippen LogP contribution in [0.15, 0.2) is 18.2 Å². The zero-order valence-corrected chi connectivity index (χ0v) is 11.9. The van der Waals surface area contributed by atoms with Gasteiger partial charge in [0.15, 0.2) is 0 Å². The van der Waals surface area contributed by atoms with Gasteiger partial charge in [-0.2, -0.15) is 0 Å². The fourth-order valence-corrected chi connectivity index (χ4v) is 1.86. The number of carboxylic acid groups (broad SMARTS) is 1. The van der Waals surface area contributed by atoms with Crippen LogP contribution in [-0.2, 0) is 16.0 Å². The van der Waals surface area contributed by atoms with Gasteiger partial charge < -0.3 is 10.4 Å². The molecule has 0 bridgehead atoms. The number of para-hydroxylation sites is 1. The van der Waals surface area contributed by atoms with E-state index in [1.54, 1.807) is 13.8 Å². The summed E-state index contributed by atoms with van der Waals surface area (Å²) in [5, 5.41) is 11.9. The van der Waals surface area contributed by atoms with Gasteiger partial charge >= 0.3 is 5.97 Å². The number of nitrogens with one attached hydrogen (secondary N) is 1. The molecule has 0 spiro atoms. The number of amides is 1. The van der Waals surface area contributed by atoms with Gasteiger partial charge in [-0.1, -0.05) is 25.1 Å². The number of aliphatic carboxylic acids is 1. The minimum absolute atomic E-state index is 0.0418. The number of hydrogen-bond donors (Lipinski definition) is 2. The summed E-state index contributed by atoms with van der Waals surface area (Å²) < 4.78 is 0. The average Bonchev–Trinajstić information content (AvgIpc) is 2.30. The van der Waals surface area contributed by atoms with Gasteiger partial charge in [-0.05, 0) is 38.3 Å². The van der Waals surface area contributed by atoms with Crippen LogP contribution in [0.1, 0.15) is 38.3 Å². The van der Waals surface area contributed by atoms with Crippen molar-refractivity contribution in [2.45, 2.75) is 40.5 Å². The van der Waals surface area contributed by atoms with Crippen LogP contribution in [0.4, 0.5) is 5.69 Å². The maximum Gasteiger partial charge on any atom is 0.309 e. The van der Waals surface area contributed by atoms with E-state index in [2.05, 4.69) is 5.32 Å². The van der Waals surface area contributed by atoms with Crippen molar-refractivity contribution in [3.8, 4) is 0 Å². The molecule has 1 aromatic carbocycles. The van der Waals surface area contributed by atoms with Gasteiger partial charge in [-0.15, -0.1) is 0 Å². The van der Waals surface area contributed by atoms with Crippen LogP contribution in [0, 0.1) is 12.3 Å². The van der Waals surface area contributed by atoms with Crippen molar-refractivity contribution in [1.29, 1.82) is 0 Å². The summed E-state index contributed by atoms with van der Waals surface area (Å²) >= 11 is 0. The molecular weight excluding hydrogens is 242 g/mol. The molecule has 0 unspecified atom stereocenters. The van der Waals surface area contributed by atoms with E-state index in [0.717, 1.165) is 23.2 Å². The zero-order chi connectivity index (χ0) is 14.6. The maximum atomic E-state index is 12.0. The summed E-state index contributed by atoms with van der Waals surface area (Å²) in [6.45, 7) is 7.05. The molecule has 19 heavy (non-hydrogen) atoms. The van der Waals surface area contributed by atoms with Crippen LogP contribution in [0.2, 0.25) is 0 Å². The van der Waals surface area contributed by atoms with Crippen LogP contribution in [0.25, 0.3) is 0 Å². The first kappa shape index (κ1) is 15.2. The van der Waals surface area contributed by atoms with E-state index in [9.17, 15) is 9.59 Å². The lowest BCUT2D eigenvalue weighted by Crippen LogP contribution is -2.29. The first-order valence-corrected chi connectivity index (χ1v) is 6.39. The molecule has 104 valence electrons. The summed E-state index contributed by atoms with van der Waals surface area (Å²) in [5.41, 5.74) is 1.79. The van der Waals surface area contributed by atoms with Gasteiger partial charge in [0.05, 0.1) is 5.41 Å². The van der Waals surface area contributed by atoms with Gasteiger partial charge in [-0.3, -0.25) is 9.59 Å². The second kappa shape index (κ2) is 5.87. The van der Waals surface area contributed by atoms with Gasteiger partial charge in [-0.25, -0.2) is 0 Å². The van der Waals surface area contributed by atoms with E-state index < -0.39 is 11.4 Å². The number of carbonyl (C=O) groups excluding carboxylic acids is 1. The lowest BCUT2D eigenvalue weighted by molar-refractivity contribution is -0.148. The molecule has 1 aromatic rings. The highest BCUT2D eigenvalue weighted by atomic mass is 16.4. The van der Waals surface area contributed by atoms with Crippen molar-refractivity contribution in [2.75, 3.05) is 5.32 Å². The van der Waals surface area contributed by atoms with Crippen molar-refractivity contribution < 1.29 is 14.7 Å². The van der Waals surface area contributed by atoms with E-state index in [-0.39, 0.29) is 12.3 Å². The molecule has 0 atom stereocenters. The summed E-state index contributed by atoms with van der Waals surface area (Å²) in [5.74, 6) is -1.24. The van der Waals surface area contributed by atoms with Crippen molar-refractivity contribution in [3.05, 3.63) is 29.3 Å². The lowest BCUT2D eigenvalue weighted by atomic mass is 9.89. The highest BCUT2D eigenvalue weighted by Crippen LogP contribution is 2.24. The normalized spacial score (nSPS) is 11.2. The molecule has 0 heterocycles. The average molecular weight is 263 g/mol. The predicted molar refractivity (Wildman–Crippen MR) is 75.2 cm³/mol. The standard InChI is InChI=1S/C15H21NO3/c1-5-11-8-6-7-10(2)13(11)16-12(17)9-15(3,4)14(18)19/h6-8H,5,9H2,1-4H3,(H,16,17)(H,18,19). The van der Waals surface area contributed by atoms with E-state index >= 15 is 0 Å². The summed E-state index contributed by atoms with van der Waals surface area (Å²) in [6, 6.07) is 5.84. The van der Waals surface area contributed by atoms with Crippen molar-refractivity contribution in [2.24, 2.45) is 5.41 Å². The molecule has 0 radical (unpaired) electrons. The Morgan fingerprint density at radius 3 is 2.47 bits per heavy atom. The van der Waals surface area contributed by atoms with Crippen molar-refractivity contribution in [1.82, 2.24) is 0 Å². The van der Waals surface area contributed by atoms with Crippen LogP contribution < -0.4 is 5.32 Å². The number of carbonyl (C=O) groups is 2. The Kier molecular flexibility index (Phi) is 4.70. The number of hydrogen-bond acceptors (Lipinski definition) is 2. The van der Waals surface area contributed by atoms with Crippen molar-refractivity contribution in [3.63, 3.8) is 0 Å². The fourth-order valence-electron chi connectivity index (χ4n) is 1.86. The molecule has 0 aliphatic carbocycles. The molecule has 0 aromatic heterocycles. The second-order valence-electron chi connectivity index (χ2n) is 5.38. The quantitative estimate of drug-likeness (QED) is 0.858.